The van der Waals surface area contributed by atoms with Crippen LogP contribution in [0.15, 0.2) is 6.20 Å². The van der Waals surface area contributed by atoms with E-state index in [9.17, 15) is 22.8 Å². The Morgan fingerprint density at radius 1 is 1.25 bits per heavy atom. The van der Waals surface area contributed by atoms with Crippen molar-refractivity contribution in [2.45, 2.75) is 39.4 Å². The number of carbonyl (C=O) groups excluding carboxylic acids is 1. The Morgan fingerprint density at radius 3 is 2.25 bits per heavy atom. The molecule has 0 spiro atoms. The third-order valence-corrected chi connectivity index (χ3v) is 4.12. The van der Waals surface area contributed by atoms with Crippen LogP contribution in [0.5, 0.6) is 0 Å². The highest BCUT2D eigenvalue weighted by molar-refractivity contribution is 5.96. The van der Waals surface area contributed by atoms with Crippen LogP contribution >= 0.6 is 0 Å². The number of rotatable bonds is 2. The van der Waals surface area contributed by atoms with Gasteiger partial charge in [-0.3, -0.25) is 14.3 Å². The summed E-state index contributed by atoms with van der Waals surface area (Å²) in [5.41, 5.74) is -2.60. The van der Waals surface area contributed by atoms with Crippen molar-refractivity contribution in [3.63, 3.8) is 0 Å². The Balaban J connectivity index is 2.41. The molecule has 2 atom stereocenters. The number of nitrogens with zero attached hydrogens (tertiary/aromatic N) is 3. The van der Waals surface area contributed by atoms with Crippen molar-refractivity contribution < 1.29 is 27.9 Å². The molecule has 24 heavy (non-hydrogen) atoms. The third kappa shape index (κ3) is 3.25. The summed E-state index contributed by atoms with van der Waals surface area (Å²) in [6, 6.07) is 0. The fourth-order valence-electron chi connectivity index (χ4n) is 2.91. The van der Waals surface area contributed by atoms with Crippen molar-refractivity contribution in [2.75, 3.05) is 13.1 Å². The predicted octanol–water partition coefficient (Wildman–Crippen LogP) is 2.45. The standard InChI is InChI=1S/C15H20F3N3O3/c1-8-6-20(7-10(8)13(23)24)12(22)9-5-19-21(14(2,3)4)11(9)15(16,17)18/h5,8,10H,6-7H2,1-4H3,(H,23,24)/t8-,10-/m1/s1. The Kier molecular flexibility index (Phi) is 4.41. The first-order valence-corrected chi connectivity index (χ1v) is 7.51. The Labute approximate surface area is 137 Å². The molecular formula is C15H20F3N3O3. The zero-order valence-corrected chi connectivity index (χ0v) is 13.9. The second-order valence-corrected chi connectivity index (χ2v) is 7.12. The molecule has 0 aliphatic carbocycles. The number of aliphatic carboxylic acids is 1. The molecule has 1 aliphatic rings. The summed E-state index contributed by atoms with van der Waals surface area (Å²) < 4.78 is 41.2. The first-order valence-electron chi connectivity index (χ1n) is 7.51. The summed E-state index contributed by atoms with van der Waals surface area (Å²) in [5.74, 6) is -2.99. The molecule has 0 bridgehead atoms. The van der Waals surface area contributed by atoms with Crippen molar-refractivity contribution in [3.05, 3.63) is 17.5 Å². The lowest BCUT2D eigenvalue weighted by molar-refractivity contribution is -0.146. The van der Waals surface area contributed by atoms with Gasteiger partial charge in [0, 0.05) is 13.1 Å². The van der Waals surface area contributed by atoms with E-state index in [0.29, 0.717) is 0 Å². The van der Waals surface area contributed by atoms with Gasteiger partial charge in [0.1, 0.15) is 0 Å². The average Bonchev–Trinajstić information content (AvgIpc) is 2.99. The molecule has 0 radical (unpaired) electrons. The molecule has 0 saturated carbocycles. The van der Waals surface area contributed by atoms with Gasteiger partial charge in [0.15, 0.2) is 5.69 Å². The quantitative estimate of drug-likeness (QED) is 0.892. The van der Waals surface area contributed by atoms with E-state index >= 15 is 0 Å². The van der Waals surface area contributed by atoms with Crippen LogP contribution < -0.4 is 0 Å². The van der Waals surface area contributed by atoms with E-state index in [0.717, 1.165) is 15.8 Å². The average molecular weight is 347 g/mol. The van der Waals surface area contributed by atoms with Gasteiger partial charge in [-0.1, -0.05) is 6.92 Å². The van der Waals surface area contributed by atoms with Gasteiger partial charge >= 0.3 is 12.1 Å². The zero-order valence-electron chi connectivity index (χ0n) is 13.9. The maximum atomic E-state index is 13.5. The van der Waals surface area contributed by atoms with Crippen LogP contribution in [0, 0.1) is 11.8 Å². The predicted molar refractivity (Wildman–Crippen MR) is 78.4 cm³/mol. The second-order valence-electron chi connectivity index (χ2n) is 7.12. The van der Waals surface area contributed by atoms with Gasteiger partial charge in [0.2, 0.25) is 0 Å². The first-order chi connectivity index (χ1) is 10.8. The number of halogens is 3. The topological polar surface area (TPSA) is 75.4 Å². The van der Waals surface area contributed by atoms with Crippen LogP contribution in [-0.2, 0) is 16.5 Å². The molecule has 134 valence electrons. The van der Waals surface area contributed by atoms with Crippen molar-refractivity contribution in [1.29, 1.82) is 0 Å². The van der Waals surface area contributed by atoms with Crippen molar-refractivity contribution in [1.82, 2.24) is 14.7 Å². The molecule has 0 unspecified atom stereocenters. The number of carboxylic acids is 1. The molecule has 1 aliphatic heterocycles. The number of carboxylic acid groups (broad SMARTS) is 1. The van der Waals surface area contributed by atoms with Crippen LogP contribution in [0.2, 0.25) is 0 Å². The van der Waals surface area contributed by atoms with Crippen molar-refractivity contribution in [2.24, 2.45) is 11.8 Å². The lowest BCUT2D eigenvalue weighted by Gasteiger charge is -2.24. The highest BCUT2D eigenvalue weighted by Gasteiger charge is 2.45. The zero-order chi connectivity index (χ0) is 18.4. The molecule has 2 heterocycles. The molecule has 1 N–H and O–H groups in total. The number of hydrogen-bond donors (Lipinski definition) is 1. The van der Waals surface area contributed by atoms with Gasteiger partial charge < -0.3 is 10.0 Å². The fraction of sp³-hybridized carbons (Fsp3) is 0.667. The smallest absolute Gasteiger partial charge is 0.433 e. The minimum absolute atomic E-state index is 0.104. The highest BCUT2D eigenvalue weighted by Crippen LogP contribution is 2.36. The molecule has 0 aromatic carbocycles. The second kappa shape index (κ2) is 5.78. The van der Waals surface area contributed by atoms with E-state index in [2.05, 4.69) is 5.10 Å². The van der Waals surface area contributed by atoms with E-state index in [4.69, 9.17) is 5.11 Å². The number of hydrogen-bond acceptors (Lipinski definition) is 3. The molecule has 1 aromatic heterocycles. The van der Waals surface area contributed by atoms with Crippen LogP contribution in [-0.4, -0.2) is 44.8 Å². The minimum Gasteiger partial charge on any atom is -0.481 e. The molecule has 1 saturated heterocycles. The first kappa shape index (κ1) is 18.3. The lowest BCUT2D eigenvalue weighted by Crippen LogP contribution is -2.33. The molecule has 1 amide bonds. The van der Waals surface area contributed by atoms with Gasteiger partial charge in [0.05, 0.1) is 23.2 Å². The van der Waals surface area contributed by atoms with Crippen LogP contribution in [0.1, 0.15) is 43.7 Å². The molecule has 9 heteroatoms. The van der Waals surface area contributed by atoms with E-state index in [1.54, 1.807) is 27.7 Å². The van der Waals surface area contributed by atoms with Gasteiger partial charge in [-0.05, 0) is 26.7 Å². The Hall–Kier alpha value is -2.06. The monoisotopic (exact) mass is 347 g/mol. The molecule has 1 aromatic rings. The third-order valence-electron chi connectivity index (χ3n) is 4.12. The number of aromatic nitrogens is 2. The molecular weight excluding hydrogens is 327 g/mol. The maximum Gasteiger partial charge on any atom is 0.433 e. The summed E-state index contributed by atoms with van der Waals surface area (Å²) in [7, 11) is 0. The summed E-state index contributed by atoms with van der Waals surface area (Å²) in [5, 5.41) is 12.9. The summed E-state index contributed by atoms with van der Waals surface area (Å²) in [4.78, 5) is 24.8. The van der Waals surface area contributed by atoms with Gasteiger partial charge in [-0.15, -0.1) is 0 Å². The highest BCUT2D eigenvalue weighted by atomic mass is 19.4. The summed E-state index contributed by atoms with van der Waals surface area (Å²) in [6.45, 7) is 6.34. The maximum absolute atomic E-state index is 13.5. The molecule has 2 rings (SSSR count). The van der Waals surface area contributed by atoms with Crippen molar-refractivity contribution in [3.8, 4) is 0 Å². The van der Waals surface area contributed by atoms with E-state index < -0.39 is 40.8 Å². The van der Waals surface area contributed by atoms with E-state index in [1.807, 2.05) is 0 Å². The Bertz CT molecular complexity index is 661. The minimum atomic E-state index is -4.74. The SMILES string of the molecule is C[C@@H]1CN(C(=O)c2cnn(C(C)(C)C)c2C(F)(F)F)C[C@H]1C(=O)O. The number of carbonyl (C=O) groups is 2. The lowest BCUT2D eigenvalue weighted by atomic mass is 9.99. The Morgan fingerprint density at radius 2 is 1.83 bits per heavy atom. The largest absolute Gasteiger partial charge is 0.481 e. The van der Waals surface area contributed by atoms with Gasteiger partial charge in [-0.2, -0.15) is 18.3 Å². The number of likely N-dealkylation sites (tertiary alicyclic amines) is 1. The normalized spacial score (nSPS) is 22.0. The van der Waals surface area contributed by atoms with Crippen LogP contribution in [0.25, 0.3) is 0 Å². The van der Waals surface area contributed by atoms with Gasteiger partial charge in [0.25, 0.3) is 5.91 Å². The fourth-order valence-corrected chi connectivity index (χ4v) is 2.91. The van der Waals surface area contributed by atoms with Crippen LogP contribution in [0.4, 0.5) is 13.2 Å². The van der Waals surface area contributed by atoms with Gasteiger partial charge in [-0.25, -0.2) is 0 Å². The van der Waals surface area contributed by atoms with Crippen LogP contribution in [0.3, 0.4) is 0 Å². The summed E-state index contributed by atoms with van der Waals surface area (Å²) >= 11 is 0. The number of alkyl halides is 3. The summed E-state index contributed by atoms with van der Waals surface area (Å²) in [6.07, 6.45) is -3.83. The molecule has 1 fully saturated rings. The van der Waals surface area contributed by atoms with E-state index in [1.165, 1.54) is 0 Å². The number of amides is 1. The van der Waals surface area contributed by atoms with Crippen molar-refractivity contribution >= 4 is 11.9 Å². The molecule has 6 nitrogen and oxygen atoms in total. The van der Waals surface area contributed by atoms with E-state index in [-0.39, 0.29) is 19.0 Å².